The van der Waals surface area contributed by atoms with Crippen molar-refractivity contribution in [2.24, 2.45) is 0 Å². The van der Waals surface area contributed by atoms with Gasteiger partial charge in [-0.1, -0.05) is 6.07 Å². The second-order valence-corrected chi connectivity index (χ2v) is 5.83. The lowest BCUT2D eigenvalue weighted by molar-refractivity contribution is -0.137. The fourth-order valence-electron chi connectivity index (χ4n) is 3.00. The van der Waals surface area contributed by atoms with Gasteiger partial charge in [-0.25, -0.2) is 0 Å². The third kappa shape index (κ3) is 2.71. The number of aromatic nitrogens is 2. The van der Waals surface area contributed by atoms with Crippen LogP contribution in [0.25, 0.3) is 11.3 Å². The van der Waals surface area contributed by atoms with Gasteiger partial charge in [-0.3, -0.25) is 5.10 Å². The van der Waals surface area contributed by atoms with E-state index in [0.29, 0.717) is 17.9 Å². The van der Waals surface area contributed by atoms with Gasteiger partial charge in [-0.05, 0) is 42.0 Å². The van der Waals surface area contributed by atoms with Crippen molar-refractivity contribution in [2.75, 3.05) is 12.4 Å². The summed E-state index contributed by atoms with van der Waals surface area (Å²) in [6.07, 6.45) is -3.64. The Labute approximate surface area is 141 Å². The van der Waals surface area contributed by atoms with E-state index in [4.69, 9.17) is 4.74 Å². The predicted molar refractivity (Wildman–Crippen MR) is 88.1 cm³/mol. The Morgan fingerprint density at radius 1 is 1.12 bits per heavy atom. The molecule has 7 heteroatoms. The molecular formula is C18H14F3N3O. The molecule has 0 fully saturated rings. The summed E-state index contributed by atoms with van der Waals surface area (Å²) in [5.41, 5.74) is 3.86. The average molecular weight is 345 g/mol. The van der Waals surface area contributed by atoms with Crippen LogP contribution in [0.1, 0.15) is 16.7 Å². The van der Waals surface area contributed by atoms with Crippen molar-refractivity contribution in [3.8, 4) is 17.0 Å². The highest BCUT2D eigenvalue weighted by Gasteiger charge is 2.30. The molecule has 1 aromatic heterocycles. The maximum atomic E-state index is 12.6. The summed E-state index contributed by atoms with van der Waals surface area (Å²) < 4.78 is 43.2. The van der Waals surface area contributed by atoms with Gasteiger partial charge in [0.2, 0.25) is 0 Å². The number of hydrogen-bond acceptors (Lipinski definition) is 3. The number of nitrogens with zero attached hydrogens (tertiary/aromatic N) is 1. The Bertz CT molecular complexity index is 930. The zero-order chi connectivity index (χ0) is 17.6. The van der Waals surface area contributed by atoms with Gasteiger partial charge in [0.25, 0.3) is 0 Å². The number of ether oxygens (including phenoxy) is 1. The molecule has 0 bridgehead atoms. The van der Waals surface area contributed by atoms with Gasteiger partial charge in [0, 0.05) is 23.2 Å². The number of anilines is 2. The summed E-state index contributed by atoms with van der Waals surface area (Å²) in [6, 6.07) is 10.7. The maximum absolute atomic E-state index is 12.6. The Balaban J connectivity index is 1.61. The summed E-state index contributed by atoms with van der Waals surface area (Å²) in [6.45, 7) is 0. The largest absolute Gasteiger partial charge is 0.497 e. The van der Waals surface area contributed by atoms with E-state index in [-0.39, 0.29) is 0 Å². The van der Waals surface area contributed by atoms with Gasteiger partial charge in [0.15, 0.2) is 0 Å². The minimum atomic E-state index is -4.34. The zero-order valence-corrected chi connectivity index (χ0v) is 13.2. The van der Waals surface area contributed by atoms with Crippen molar-refractivity contribution < 1.29 is 17.9 Å². The first-order chi connectivity index (χ1) is 12.0. The molecule has 3 aromatic rings. The van der Waals surface area contributed by atoms with Crippen LogP contribution in [0.5, 0.6) is 5.75 Å². The fraction of sp³-hybridized carbons (Fsp3) is 0.167. The molecule has 0 spiro atoms. The molecule has 25 heavy (non-hydrogen) atoms. The Morgan fingerprint density at radius 3 is 2.56 bits per heavy atom. The van der Waals surface area contributed by atoms with Gasteiger partial charge in [-0.2, -0.15) is 18.3 Å². The molecule has 0 radical (unpaired) electrons. The Hall–Kier alpha value is -2.96. The second-order valence-electron chi connectivity index (χ2n) is 5.83. The lowest BCUT2D eigenvalue weighted by Crippen LogP contribution is -2.04. The first-order valence-corrected chi connectivity index (χ1v) is 7.64. The highest BCUT2D eigenvalue weighted by Crippen LogP contribution is 2.41. The van der Waals surface area contributed by atoms with E-state index in [1.54, 1.807) is 7.11 Å². The van der Waals surface area contributed by atoms with Gasteiger partial charge in [-0.15, -0.1) is 0 Å². The van der Waals surface area contributed by atoms with Crippen molar-refractivity contribution in [3.63, 3.8) is 0 Å². The number of halogens is 3. The lowest BCUT2D eigenvalue weighted by atomic mass is 10.1. The van der Waals surface area contributed by atoms with Crippen molar-refractivity contribution >= 4 is 11.5 Å². The van der Waals surface area contributed by atoms with Gasteiger partial charge in [0.05, 0.1) is 18.4 Å². The van der Waals surface area contributed by atoms with E-state index in [1.807, 2.05) is 18.2 Å². The molecule has 1 aliphatic rings. The number of methoxy groups -OCH3 is 1. The summed E-state index contributed by atoms with van der Waals surface area (Å²) in [5, 5.41) is 10.4. The topological polar surface area (TPSA) is 49.9 Å². The van der Waals surface area contributed by atoms with Gasteiger partial charge >= 0.3 is 6.18 Å². The highest BCUT2D eigenvalue weighted by molar-refractivity contribution is 5.80. The van der Waals surface area contributed by atoms with Crippen LogP contribution in [-0.2, 0) is 12.6 Å². The number of H-pyrrole nitrogens is 1. The molecule has 0 aliphatic heterocycles. The molecule has 0 unspecified atom stereocenters. The molecule has 1 heterocycles. The fourth-order valence-corrected chi connectivity index (χ4v) is 3.00. The van der Waals surface area contributed by atoms with Crippen LogP contribution in [0.4, 0.5) is 24.7 Å². The number of fused-ring (bicyclic) bond motifs is 3. The number of benzene rings is 2. The van der Waals surface area contributed by atoms with Gasteiger partial charge < -0.3 is 10.1 Å². The molecule has 1 aliphatic carbocycles. The van der Waals surface area contributed by atoms with Crippen molar-refractivity contribution in [3.05, 3.63) is 59.2 Å². The molecule has 4 rings (SSSR count). The molecule has 0 atom stereocenters. The van der Waals surface area contributed by atoms with Crippen LogP contribution in [0.2, 0.25) is 0 Å². The number of alkyl halides is 3. The van der Waals surface area contributed by atoms with E-state index >= 15 is 0 Å². The van der Waals surface area contributed by atoms with Crippen LogP contribution in [0.3, 0.4) is 0 Å². The first kappa shape index (κ1) is 15.6. The second kappa shape index (κ2) is 5.54. The molecule has 4 nitrogen and oxygen atoms in total. The van der Waals surface area contributed by atoms with E-state index in [2.05, 4.69) is 15.5 Å². The average Bonchev–Trinajstić information content (AvgIpc) is 3.14. The monoisotopic (exact) mass is 345 g/mol. The zero-order valence-electron chi connectivity index (χ0n) is 13.2. The number of nitrogens with one attached hydrogen (secondary N) is 2. The maximum Gasteiger partial charge on any atom is 0.416 e. The molecule has 128 valence electrons. The molecule has 0 amide bonds. The highest BCUT2D eigenvalue weighted by atomic mass is 19.4. The number of hydrogen-bond donors (Lipinski definition) is 2. The smallest absolute Gasteiger partial charge is 0.416 e. The molecule has 0 saturated carbocycles. The number of aromatic amines is 1. The quantitative estimate of drug-likeness (QED) is 0.563. The minimum absolute atomic E-state index is 0.563. The Kier molecular flexibility index (Phi) is 3.45. The normalized spacial score (nSPS) is 12.6. The third-order valence-corrected chi connectivity index (χ3v) is 4.29. The van der Waals surface area contributed by atoms with Crippen LogP contribution in [-0.4, -0.2) is 17.3 Å². The summed E-state index contributed by atoms with van der Waals surface area (Å²) >= 11 is 0. The lowest BCUT2D eigenvalue weighted by Gasteiger charge is -2.09. The van der Waals surface area contributed by atoms with E-state index in [1.165, 1.54) is 12.1 Å². The predicted octanol–water partition coefficient (Wildman–Crippen LogP) is 4.75. The van der Waals surface area contributed by atoms with Gasteiger partial charge in [0.1, 0.15) is 11.6 Å². The van der Waals surface area contributed by atoms with Crippen molar-refractivity contribution in [1.29, 1.82) is 0 Å². The van der Waals surface area contributed by atoms with E-state index in [0.717, 1.165) is 40.3 Å². The first-order valence-electron chi connectivity index (χ1n) is 7.64. The summed E-state index contributed by atoms with van der Waals surface area (Å²) in [5.74, 6) is 1.44. The number of rotatable bonds is 3. The molecule has 0 saturated heterocycles. The summed E-state index contributed by atoms with van der Waals surface area (Å²) in [7, 11) is 1.61. The van der Waals surface area contributed by atoms with Crippen LogP contribution < -0.4 is 10.1 Å². The van der Waals surface area contributed by atoms with Crippen molar-refractivity contribution in [2.45, 2.75) is 12.6 Å². The standard InChI is InChI=1S/C18H14F3N3O/c1-25-13-7-2-10-8-15-16(14(10)9-13)23-24-17(15)22-12-5-3-11(4-6-12)18(19,20)21/h2-7,9H,8H2,1H3,(H2,22,23,24). The van der Waals surface area contributed by atoms with Crippen LogP contribution >= 0.6 is 0 Å². The Morgan fingerprint density at radius 2 is 1.88 bits per heavy atom. The molecular weight excluding hydrogens is 331 g/mol. The minimum Gasteiger partial charge on any atom is -0.497 e. The molecule has 2 aromatic carbocycles. The van der Waals surface area contributed by atoms with E-state index < -0.39 is 11.7 Å². The van der Waals surface area contributed by atoms with Crippen LogP contribution in [0.15, 0.2) is 42.5 Å². The summed E-state index contributed by atoms with van der Waals surface area (Å²) in [4.78, 5) is 0. The molecule has 2 N–H and O–H groups in total. The third-order valence-electron chi connectivity index (χ3n) is 4.29. The SMILES string of the molecule is COc1ccc2c(c1)-c1n[nH]c(Nc3ccc(C(F)(F)F)cc3)c1C2. The van der Waals surface area contributed by atoms with Crippen LogP contribution in [0, 0.1) is 0 Å². The van der Waals surface area contributed by atoms with Crippen molar-refractivity contribution in [1.82, 2.24) is 10.2 Å². The van der Waals surface area contributed by atoms with E-state index in [9.17, 15) is 13.2 Å².